The number of aromatic nitrogens is 5. The summed E-state index contributed by atoms with van der Waals surface area (Å²) in [6.45, 7) is 0. The topological polar surface area (TPSA) is 61.7 Å². The zero-order valence-electron chi connectivity index (χ0n) is 39.0. The molecular weight excluding hydrogens is 944 g/mol. The molecule has 5 heterocycles. The van der Waals surface area contributed by atoms with Gasteiger partial charge in [-0.2, -0.15) is 13.2 Å². The Bertz CT molecular complexity index is 4710. The molecule has 5 aromatic heterocycles. The third-order valence-corrected chi connectivity index (χ3v) is 15.5. The molecule has 0 aliphatic rings. The second-order valence-corrected chi connectivity index (χ2v) is 19.7. The Morgan fingerprint density at radius 1 is 0.392 bits per heavy atom. The fourth-order valence-electron chi connectivity index (χ4n) is 11.1. The van der Waals surface area contributed by atoms with Crippen molar-refractivity contribution < 1.29 is 17.6 Å². The molecule has 0 saturated heterocycles. The van der Waals surface area contributed by atoms with E-state index in [9.17, 15) is 0 Å². The Hall–Kier alpha value is -9.38. The first-order valence-electron chi connectivity index (χ1n) is 24.2. The lowest BCUT2D eigenvalue weighted by molar-refractivity contribution is -0.137. The summed E-state index contributed by atoms with van der Waals surface area (Å²) in [4.78, 5) is 14.7. The summed E-state index contributed by atoms with van der Waals surface area (Å²) < 4.78 is 63.4. The zero-order valence-corrected chi connectivity index (χ0v) is 39.8. The van der Waals surface area contributed by atoms with Crippen LogP contribution in [0.3, 0.4) is 0 Å². The molecule has 0 bridgehead atoms. The summed E-state index contributed by atoms with van der Waals surface area (Å²) in [7, 11) is 0. The number of para-hydroxylation sites is 3. The highest BCUT2D eigenvalue weighted by atomic mass is 32.1. The highest BCUT2D eigenvalue weighted by Gasteiger charge is 2.39. The minimum Gasteiger partial charge on any atom is -0.455 e. The highest BCUT2D eigenvalue weighted by Crippen LogP contribution is 2.50. The van der Waals surface area contributed by atoms with Crippen LogP contribution in [0.1, 0.15) is 5.56 Å². The summed E-state index contributed by atoms with van der Waals surface area (Å²) in [6.07, 6.45) is -4.87. The number of halogens is 3. The van der Waals surface area contributed by atoms with Crippen molar-refractivity contribution in [2.75, 3.05) is 0 Å². The van der Waals surface area contributed by atoms with Crippen LogP contribution in [0.4, 0.5) is 13.2 Å². The number of fused-ring (bicyclic) bond motifs is 12. The van der Waals surface area contributed by atoms with Crippen LogP contribution in [-0.2, 0) is 6.18 Å². The van der Waals surface area contributed by atoms with Gasteiger partial charge in [0.25, 0.3) is 0 Å². The summed E-state index contributed by atoms with van der Waals surface area (Å²) >= 11 is 1.76. The molecule has 0 saturated carbocycles. The van der Waals surface area contributed by atoms with Crippen molar-refractivity contribution in [2.24, 2.45) is 0 Å². The number of hydrogen-bond acceptors (Lipinski definition) is 5. The predicted molar refractivity (Wildman–Crippen MR) is 295 cm³/mol. The van der Waals surface area contributed by atoms with E-state index >= 15 is 13.2 Å². The lowest BCUT2D eigenvalue weighted by Crippen LogP contribution is -2.12. The summed E-state index contributed by atoms with van der Waals surface area (Å²) in [5.41, 5.74) is 7.29. The van der Waals surface area contributed by atoms with Crippen LogP contribution in [0.15, 0.2) is 223 Å². The van der Waals surface area contributed by atoms with Gasteiger partial charge in [-0.25, -0.2) is 15.0 Å². The molecule has 0 aliphatic heterocycles. The lowest BCUT2D eigenvalue weighted by Gasteiger charge is -2.19. The number of alkyl halides is 3. The Labute approximate surface area is 423 Å². The standard InChI is InChI=1S/C64H36F3N5OS/c65-64(66,67)50-34-49(63-69-61(37-16-4-1-5-17-37)68-62(70-63)38-18-6-2-7-19-38)60-58(44-24-11-14-26-55(44)73-60)59(50)72-52-30-28-39(40-29-31-57-48(33-40)43-23-12-15-27-56(43)74-57)32-45(52)47-36-53-46(35-54(47)72)42-22-10-13-25-51(42)71(53)41-20-8-3-9-21-41/h1-36H. The summed E-state index contributed by atoms with van der Waals surface area (Å²) in [5, 5.41) is 6.64. The van der Waals surface area contributed by atoms with Gasteiger partial charge in [0.2, 0.25) is 0 Å². The van der Waals surface area contributed by atoms with Crippen LogP contribution in [0.2, 0.25) is 0 Å². The third-order valence-electron chi connectivity index (χ3n) is 14.4. The highest BCUT2D eigenvalue weighted by molar-refractivity contribution is 7.25. The molecule has 0 spiro atoms. The van der Waals surface area contributed by atoms with Crippen molar-refractivity contribution in [3.8, 4) is 56.7 Å². The quantitative estimate of drug-likeness (QED) is 0.167. The van der Waals surface area contributed by atoms with Gasteiger partial charge in [0.15, 0.2) is 17.5 Å². The molecular formula is C64H36F3N5OS. The zero-order chi connectivity index (χ0) is 49.2. The normalized spacial score (nSPS) is 12.3. The first-order chi connectivity index (χ1) is 36.3. The van der Waals surface area contributed by atoms with Gasteiger partial charge >= 0.3 is 6.18 Å². The van der Waals surface area contributed by atoms with Gasteiger partial charge < -0.3 is 13.6 Å². The summed E-state index contributed by atoms with van der Waals surface area (Å²) in [5.74, 6) is 0.690. The van der Waals surface area contributed by atoms with Crippen molar-refractivity contribution in [3.63, 3.8) is 0 Å². The van der Waals surface area contributed by atoms with Crippen molar-refractivity contribution in [2.45, 2.75) is 6.18 Å². The molecule has 350 valence electrons. The number of benzene rings is 10. The van der Waals surface area contributed by atoms with Gasteiger partial charge in [0.05, 0.1) is 44.3 Å². The van der Waals surface area contributed by atoms with Crippen LogP contribution < -0.4 is 0 Å². The Kier molecular flexibility index (Phi) is 9.19. The van der Waals surface area contributed by atoms with Gasteiger partial charge in [-0.1, -0.05) is 146 Å². The molecule has 0 atom stereocenters. The number of rotatable bonds is 6. The van der Waals surface area contributed by atoms with E-state index in [1.165, 1.54) is 20.9 Å². The van der Waals surface area contributed by atoms with E-state index in [2.05, 4.69) is 89.5 Å². The molecule has 15 rings (SSSR count). The largest absolute Gasteiger partial charge is 0.455 e. The van der Waals surface area contributed by atoms with Crippen LogP contribution in [0.25, 0.3) is 142 Å². The molecule has 0 unspecified atom stereocenters. The van der Waals surface area contributed by atoms with Crippen molar-refractivity contribution in [3.05, 3.63) is 224 Å². The number of hydrogen-bond donors (Lipinski definition) is 0. The molecule has 0 fully saturated rings. The predicted octanol–water partition coefficient (Wildman–Crippen LogP) is 18.0. The van der Waals surface area contributed by atoms with E-state index in [0.29, 0.717) is 44.8 Å². The van der Waals surface area contributed by atoms with Gasteiger partial charge in [-0.05, 0) is 83.9 Å². The van der Waals surface area contributed by atoms with E-state index in [1.807, 2.05) is 126 Å². The average Bonchev–Trinajstić information content (AvgIpc) is 4.25. The Morgan fingerprint density at radius 2 is 0.919 bits per heavy atom. The molecule has 0 amide bonds. The first kappa shape index (κ1) is 42.3. The van der Waals surface area contributed by atoms with E-state index in [4.69, 9.17) is 19.4 Å². The van der Waals surface area contributed by atoms with Crippen molar-refractivity contribution in [1.29, 1.82) is 0 Å². The number of thiophene rings is 1. The molecule has 0 aliphatic carbocycles. The fourth-order valence-corrected chi connectivity index (χ4v) is 12.2. The van der Waals surface area contributed by atoms with E-state index in [-0.39, 0.29) is 28.0 Å². The van der Waals surface area contributed by atoms with Crippen LogP contribution >= 0.6 is 11.3 Å². The summed E-state index contributed by atoms with van der Waals surface area (Å²) in [6, 6.07) is 71.0. The molecule has 0 radical (unpaired) electrons. The smallest absolute Gasteiger partial charge is 0.418 e. The van der Waals surface area contributed by atoms with E-state index in [1.54, 1.807) is 17.4 Å². The first-order valence-corrected chi connectivity index (χ1v) is 25.1. The van der Waals surface area contributed by atoms with Gasteiger partial charge in [0, 0.05) is 63.9 Å². The maximum absolute atomic E-state index is 16.7. The Morgan fingerprint density at radius 3 is 1.64 bits per heavy atom. The average molecular weight is 980 g/mol. The number of furan rings is 1. The molecule has 0 N–H and O–H groups in total. The maximum atomic E-state index is 16.7. The minimum absolute atomic E-state index is 0.0492. The molecule has 74 heavy (non-hydrogen) atoms. The van der Waals surface area contributed by atoms with Gasteiger partial charge in [-0.15, -0.1) is 11.3 Å². The van der Waals surface area contributed by atoms with Gasteiger partial charge in [0.1, 0.15) is 11.2 Å². The second-order valence-electron chi connectivity index (χ2n) is 18.6. The third kappa shape index (κ3) is 6.48. The van der Waals surface area contributed by atoms with Crippen LogP contribution in [0, 0.1) is 0 Å². The minimum atomic E-state index is -4.87. The van der Waals surface area contributed by atoms with Gasteiger partial charge in [-0.3, -0.25) is 0 Å². The lowest BCUT2D eigenvalue weighted by atomic mass is 9.99. The van der Waals surface area contributed by atoms with E-state index < -0.39 is 11.7 Å². The number of nitrogens with zero attached hydrogens (tertiary/aromatic N) is 5. The molecule has 15 aromatic rings. The van der Waals surface area contributed by atoms with Crippen molar-refractivity contribution in [1.82, 2.24) is 24.1 Å². The molecule has 6 nitrogen and oxygen atoms in total. The fraction of sp³-hybridized carbons (Fsp3) is 0.0156. The van der Waals surface area contributed by atoms with Crippen molar-refractivity contribution >= 4 is 97.1 Å². The van der Waals surface area contributed by atoms with E-state index in [0.717, 1.165) is 54.8 Å². The SMILES string of the molecule is FC(F)(F)c1cc(-c2nc(-c3ccccc3)nc(-c3ccccc3)n2)c2oc3ccccc3c2c1-n1c2ccc(-c3ccc4sc5ccccc5c4c3)cc2c2cc3c(cc21)c1ccccc1n3-c1ccccc1. The van der Waals surface area contributed by atoms with Crippen LogP contribution in [-0.4, -0.2) is 24.1 Å². The Balaban J connectivity index is 1.07. The monoisotopic (exact) mass is 979 g/mol. The molecule has 10 aromatic carbocycles. The molecule has 10 heteroatoms. The maximum Gasteiger partial charge on any atom is 0.418 e. The van der Waals surface area contributed by atoms with Crippen LogP contribution in [0.5, 0.6) is 0 Å². The second kappa shape index (κ2) is 16.1.